The fourth-order valence-electron chi connectivity index (χ4n) is 1.07. The van der Waals surface area contributed by atoms with Crippen LogP contribution in [-0.2, 0) is 9.59 Å². The van der Waals surface area contributed by atoms with E-state index in [0.29, 0.717) is 0 Å². The van der Waals surface area contributed by atoms with Gasteiger partial charge in [-0.15, -0.1) is 0 Å². The van der Waals surface area contributed by atoms with E-state index in [2.05, 4.69) is 5.32 Å². The minimum absolute atomic E-state index is 0.126. The van der Waals surface area contributed by atoms with Crippen molar-refractivity contribution < 1.29 is 9.59 Å². The van der Waals surface area contributed by atoms with Gasteiger partial charge in [-0.05, 0) is 12.5 Å². The number of carbonyl (C=O) groups excluding carboxylic acids is 2. The Bertz CT molecular complexity index is 295. The molecule has 0 heterocycles. The van der Waals surface area contributed by atoms with Crippen LogP contribution in [0, 0.1) is 0 Å². The van der Waals surface area contributed by atoms with Gasteiger partial charge < -0.3 is 5.32 Å². The van der Waals surface area contributed by atoms with Crippen LogP contribution in [0.1, 0.15) is 18.5 Å². The summed E-state index contributed by atoms with van der Waals surface area (Å²) in [6.07, 6.45) is 0.277. The molecule has 1 rings (SSSR count). The zero-order valence-corrected chi connectivity index (χ0v) is 7.36. The minimum atomic E-state index is -0.587. The van der Waals surface area contributed by atoms with Crippen molar-refractivity contribution in [1.82, 2.24) is 5.32 Å². The molecule has 0 fully saturated rings. The summed E-state index contributed by atoms with van der Waals surface area (Å²) < 4.78 is 0. The van der Waals surface area contributed by atoms with Crippen molar-refractivity contribution in [2.45, 2.75) is 13.0 Å². The molecule has 13 heavy (non-hydrogen) atoms. The van der Waals surface area contributed by atoms with E-state index in [1.807, 2.05) is 37.3 Å². The summed E-state index contributed by atoms with van der Waals surface area (Å²) in [6, 6.07) is 9.35. The summed E-state index contributed by atoms with van der Waals surface area (Å²) in [5, 5.41) is 2.54. The third kappa shape index (κ3) is 2.71. The van der Waals surface area contributed by atoms with Crippen molar-refractivity contribution >= 4 is 12.2 Å². The van der Waals surface area contributed by atoms with E-state index in [-0.39, 0.29) is 12.3 Å². The molecular formula is C10H11NO2. The molecule has 0 aliphatic rings. The number of nitrogens with one attached hydrogen (secondary N) is 1. The second kappa shape index (κ2) is 4.40. The van der Waals surface area contributed by atoms with Gasteiger partial charge in [-0.25, -0.2) is 0 Å². The number of carbonyl (C=O) groups is 2. The molecule has 0 aliphatic heterocycles. The second-order valence-electron chi connectivity index (χ2n) is 2.76. The fraction of sp³-hybridized carbons (Fsp3) is 0.200. The standard InChI is InChI=1S/C10H11NO2/c1-8(11-10(13)7-12)9-5-3-2-4-6-9/h2-8H,1H3,(H,11,13)/t8-/m1/s1. The first kappa shape index (κ1) is 9.45. The third-order valence-electron chi connectivity index (χ3n) is 1.77. The molecule has 1 N–H and O–H groups in total. The van der Waals surface area contributed by atoms with Crippen LogP contribution in [0.2, 0.25) is 0 Å². The Morgan fingerprint density at radius 2 is 2.00 bits per heavy atom. The van der Waals surface area contributed by atoms with E-state index in [1.54, 1.807) is 0 Å². The average Bonchev–Trinajstić information content (AvgIpc) is 2.19. The zero-order chi connectivity index (χ0) is 9.68. The van der Waals surface area contributed by atoms with Gasteiger partial charge in [-0.3, -0.25) is 9.59 Å². The quantitative estimate of drug-likeness (QED) is 0.554. The van der Waals surface area contributed by atoms with Crippen molar-refractivity contribution in [3.63, 3.8) is 0 Å². The lowest BCUT2D eigenvalue weighted by Crippen LogP contribution is -2.27. The Balaban J connectivity index is 2.63. The molecule has 1 amide bonds. The van der Waals surface area contributed by atoms with Crippen molar-refractivity contribution in [3.8, 4) is 0 Å². The van der Waals surface area contributed by atoms with Crippen LogP contribution in [0.15, 0.2) is 30.3 Å². The van der Waals surface area contributed by atoms with E-state index in [0.717, 1.165) is 5.56 Å². The first-order valence-corrected chi connectivity index (χ1v) is 4.04. The molecule has 1 aromatic carbocycles. The predicted octanol–water partition coefficient (Wildman–Crippen LogP) is 1.06. The highest BCUT2D eigenvalue weighted by atomic mass is 16.2. The molecular weight excluding hydrogens is 166 g/mol. The molecule has 0 radical (unpaired) electrons. The molecule has 0 bridgehead atoms. The topological polar surface area (TPSA) is 46.2 Å². The maximum Gasteiger partial charge on any atom is 0.284 e. The molecule has 68 valence electrons. The number of rotatable bonds is 3. The van der Waals surface area contributed by atoms with Crippen LogP contribution in [0.25, 0.3) is 0 Å². The summed E-state index contributed by atoms with van der Waals surface area (Å²) in [5.74, 6) is -0.587. The van der Waals surface area contributed by atoms with E-state index in [1.165, 1.54) is 0 Å². The largest absolute Gasteiger partial charge is 0.343 e. The summed E-state index contributed by atoms with van der Waals surface area (Å²) in [4.78, 5) is 20.8. The van der Waals surface area contributed by atoms with Crippen LogP contribution < -0.4 is 5.32 Å². The Labute approximate surface area is 76.8 Å². The average molecular weight is 177 g/mol. The predicted molar refractivity (Wildman–Crippen MR) is 49.1 cm³/mol. The van der Waals surface area contributed by atoms with Gasteiger partial charge in [0.15, 0.2) is 0 Å². The molecule has 0 aliphatic carbocycles. The summed E-state index contributed by atoms with van der Waals surface area (Å²) in [6.45, 7) is 1.83. The second-order valence-corrected chi connectivity index (χ2v) is 2.76. The summed E-state index contributed by atoms with van der Waals surface area (Å²) in [5.41, 5.74) is 0.984. The molecule has 0 saturated heterocycles. The van der Waals surface area contributed by atoms with Gasteiger partial charge in [-0.2, -0.15) is 0 Å². The molecule has 0 unspecified atom stereocenters. The zero-order valence-electron chi connectivity index (χ0n) is 7.36. The molecule has 1 aromatic rings. The van der Waals surface area contributed by atoms with Crippen molar-refractivity contribution in [3.05, 3.63) is 35.9 Å². The van der Waals surface area contributed by atoms with E-state index < -0.39 is 5.91 Å². The maximum absolute atomic E-state index is 10.7. The van der Waals surface area contributed by atoms with Crippen LogP contribution in [0.3, 0.4) is 0 Å². The molecule has 3 nitrogen and oxygen atoms in total. The van der Waals surface area contributed by atoms with Crippen molar-refractivity contribution in [1.29, 1.82) is 0 Å². The first-order valence-electron chi connectivity index (χ1n) is 4.04. The minimum Gasteiger partial charge on any atom is -0.343 e. The molecule has 3 heteroatoms. The highest BCUT2D eigenvalue weighted by molar-refractivity contribution is 6.23. The molecule has 1 atom stereocenters. The van der Waals surface area contributed by atoms with Crippen LogP contribution in [0.5, 0.6) is 0 Å². The molecule has 0 spiro atoms. The highest BCUT2D eigenvalue weighted by Gasteiger charge is 2.06. The van der Waals surface area contributed by atoms with E-state index in [4.69, 9.17) is 0 Å². The highest BCUT2D eigenvalue weighted by Crippen LogP contribution is 2.10. The molecule has 0 aromatic heterocycles. The number of hydrogen-bond donors (Lipinski definition) is 1. The van der Waals surface area contributed by atoms with E-state index in [9.17, 15) is 9.59 Å². The Morgan fingerprint density at radius 1 is 1.38 bits per heavy atom. The lowest BCUT2D eigenvalue weighted by molar-refractivity contribution is -0.131. The van der Waals surface area contributed by atoms with Gasteiger partial charge >= 0.3 is 0 Å². The summed E-state index contributed by atoms with van der Waals surface area (Å²) >= 11 is 0. The normalized spacial score (nSPS) is 11.8. The van der Waals surface area contributed by atoms with Crippen molar-refractivity contribution in [2.75, 3.05) is 0 Å². The number of hydrogen-bond acceptors (Lipinski definition) is 2. The lowest BCUT2D eigenvalue weighted by atomic mass is 10.1. The first-order chi connectivity index (χ1) is 6.24. The van der Waals surface area contributed by atoms with Crippen LogP contribution in [0.4, 0.5) is 0 Å². The van der Waals surface area contributed by atoms with Gasteiger partial charge in [0, 0.05) is 0 Å². The van der Waals surface area contributed by atoms with Crippen molar-refractivity contribution in [2.24, 2.45) is 0 Å². The van der Waals surface area contributed by atoms with Gasteiger partial charge in [0.1, 0.15) is 0 Å². The smallest absolute Gasteiger partial charge is 0.284 e. The summed E-state index contributed by atoms with van der Waals surface area (Å²) in [7, 11) is 0. The number of benzene rings is 1. The Hall–Kier alpha value is -1.64. The fourth-order valence-corrected chi connectivity index (χ4v) is 1.07. The van der Waals surface area contributed by atoms with Crippen LogP contribution >= 0.6 is 0 Å². The van der Waals surface area contributed by atoms with Gasteiger partial charge in [0.05, 0.1) is 6.04 Å². The van der Waals surface area contributed by atoms with E-state index >= 15 is 0 Å². The number of amides is 1. The van der Waals surface area contributed by atoms with Crippen LogP contribution in [-0.4, -0.2) is 12.2 Å². The SMILES string of the molecule is C[C@@H](NC(=O)C=O)c1ccccc1. The Morgan fingerprint density at radius 3 is 2.54 bits per heavy atom. The lowest BCUT2D eigenvalue weighted by Gasteiger charge is -2.11. The van der Waals surface area contributed by atoms with Gasteiger partial charge in [0.25, 0.3) is 5.91 Å². The van der Waals surface area contributed by atoms with Gasteiger partial charge in [0.2, 0.25) is 6.29 Å². The number of aldehydes is 1. The van der Waals surface area contributed by atoms with Gasteiger partial charge in [-0.1, -0.05) is 30.3 Å². The maximum atomic E-state index is 10.7. The Kier molecular flexibility index (Phi) is 3.20. The molecule has 0 saturated carbocycles. The third-order valence-corrected chi connectivity index (χ3v) is 1.77. The monoisotopic (exact) mass is 177 g/mol.